The number of hydrogen-bond acceptors (Lipinski definition) is 2. The molecule has 0 spiro atoms. The Morgan fingerprint density at radius 2 is 2.08 bits per heavy atom. The number of aromatic nitrogens is 2. The number of carbonyl (C=O) groups excluding carboxylic acids is 1. The number of rotatable bonds is 5. The zero-order chi connectivity index (χ0) is 17.6. The number of imidazole rings is 1. The second-order valence-electron chi connectivity index (χ2n) is 6.99. The van der Waals surface area contributed by atoms with Crippen molar-refractivity contribution in [2.45, 2.75) is 45.7 Å². The molecule has 1 fully saturated rings. The Labute approximate surface area is 150 Å². The molecule has 25 heavy (non-hydrogen) atoms. The summed E-state index contributed by atoms with van der Waals surface area (Å²) in [6, 6.07) is 10.7. The van der Waals surface area contributed by atoms with Crippen molar-refractivity contribution in [3.05, 3.63) is 54.1 Å². The summed E-state index contributed by atoms with van der Waals surface area (Å²) in [4.78, 5) is 18.9. The fourth-order valence-corrected chi connectivity index (χ4v) is 3.50. The number of piperidine rings is 1. The Balaban J connectivity index is 1.51. The van der Waals surface area contributed by atoms with Crippen molar-refractivity contribution >= 4 is 6.03 Å². The van der Waals surface area contributed by atoms with Crippen LogP contribution >= 0.6 is 0 Å². The van der Waals surface area contributed by atoms with E-state index in [2.05, 4.69) is 40.8 Å². The van der Waals surface area contributed by atoms with Crippen LogP contribution in [0.4, 0.5) is 4.79 Å². The number of urea groups is 1. The van der Waals surface area contributed by atoms with Gasteiger partial charge in [-0.3, -0.25) is 0 Å². The number of hydrogen-bond donors (Lipinski definition) is 1. The molecule has 1 aliphatic rings. The van der Waals surface area contributed by atoms with Crippen LogP contribution < -0.4 is 5.32 Å². The fourth-order valence-electron chi connectivity index (χ4n) is 3.50. The van der Waals surface area contributed by atoms with Gasteiger partial charge in [-0.05, 0) is 31.2 Å². The van der Waals surface area contributed by atoms with Crippen LogP contribution in [0.1, 0.15) is 38.1 Å². The standard InChI is InChI=1S/C20H28N4O/c1-16-7-6-13-24(17(16)2)20(25)22-11-10-19-21-12-14-23(19)15-18-8-4-3-5-9-18/h3-5,8-9,12,14,16-17H,6-7,10-11,13,15H2,1-2H3,(H,22,25)/t16-,17-/m1/s1. The van der Waals surface area contributed by atoms with Crippen LogP contribution in [0.2, 0.25) is 0 Å². The maximum Gasteiger partial charge on any atom is 0.317 e. The molecule has 0 bridgehead atoms. The van der Waals surface area contributed by atoms with Gasteiger partial charge >= 0.3 is 6.03 Å². The second kappa shape index (κ2) is 8.19. The Kier molecular flexibility index (Phi) is 5.74. The largest absolute Gasteiger partial charge is 0.338 e. The highest BCUT2D eigenvalue weighted by Crippen LogP contribution is 2.22. The summed E-state index contributed by atoms with van der Waals surface area (Å²) in [5.41, 5.74) is 1.25. The average Bonchev–Trinajstić information content (AvgIpc) is 3.05. The lowest BCUT2D eigenvalue weighted by atomic mass is 9.92. The van der Waals surface area contributed by atoms with Crippen molar-refractivity contribution in [2.75, 3.05) is 13.1 Å². The van der Waals surface area contributed by atoms with E-state index in [-0.39, 0.29) is 6.03 Å². The summed E-state index contributed by atoms with van der Waals surface area (Å²) in [6.45, 7) is 6.66. The van der Waals surface area contributed by atoms with E-state index < -0.39 is 0 Å². The molecule has 1 saturated heterocycles. The highest BCUT2D eigenvalue weighted by molar-refractivity contribution is 5.74. The topological polar surface area (TPSA) is 50.2 Å². The van der Waals surface area contributed by atoms with E-state index in [9.17, 15) is 4.79 Å². The lowest BCUT2D eigenvalue weighted by molar-refractivity contribution is 0.129. The van der Waals surface area contributed by atoms with E-state index in [0.29, 0.717) is 18.5 Å². The van der Waals surface area contributed by atoms with Gasteiger partial charge in [0.1, 0.15) is 5.82 Å². The number of nitrogens with one attached hydrogen (secondary N) is 1. The molecule has 0 aliphatic carbocycles. The van der Waals surface area contributed by atoms with Gasteiger partial charge < -0.3 is 14.8 Å². The van der Waals surface area contributed by atoms with Gasteiger partial charge in [0.15, 0.2) is 0 Å². The van der Waals surface area contributed by atoms with Crippen LogP contribution in [0, 0.1) is 5.92 Å². The first kappa shape index (κ1) is 17.5. The summed E-state index contributed by atoms with van der Waals surface area (Å²) in [7, 11) is 0. The third-order valence-corrected chi connectivity index (χ3v) is 5.26. The summed E-state index contributed by atoms with van der Waals surface area (Å²) < 4.78 is 2.15. The molecule has 2 atom stereocenters. The molecule has 3 rings (SSSR count). The molecule has 2 heterocycles. The molecule has 1 aliphatic heterocycles. The van der Waals surface area contributed by atoms with Crippen molar-refractivity contribution in [3.8, 4) is 0 Å². The molecular weight excluding hydrogens is 312 g/mol. The maximum absolute atomic E-state index is 12.4. The van der Waals surface area contributed by atoms with Gasteiger partial charge in [0.25, 0.3) is 0 Å². The molecule has 5 nitrogen and oxygen atoms in total. The van der Waals surface area contributed by atoms with E-state index in [1.54, 1.807) is 0 Å². The van der Waals surface area contributed by atoms with Crippen molar-refractivity contribution in [1.82, 2.24) is 19.8 Å². The first-order valence-corrected chi connectivity index (χ1v) is 9.23. The zero-order valence-corrected chi connectivity index (χ0v) is 15.2. The van der Waals surface area contributed by atoms with Crippen LogP contribution in [-0.2, 0) is 13.0 Å². The lowest BCUT2D eigenvalue weighted by Crippen LogP contribution is -2.50. The maximum atomic E-state index is 12.4. The van der Waals surface area contributed by atoms with Gasteiger partial charge in [-0.15, -0.1) is 0 Å². The molecule has 0 radical (unpaired) electrons. The summed E-state index contributed by atoms with van der Waals surface area (Å²) >= 11 is 0. The van der Waals surface area contributed by atoms with Gasteiger partial charge in [0, 0.05) is 44.5 Å². The minimum Gasteiger partial charge on any atom is -0.338 e. The highest BCUT2D eigenvalue weighted by Gasteiger charge is 2.28. The van der Waals surface area contributed by atoms with E-state index >= 15 is 0 Å². The van der Waals surface area contributed by atoms with E-state index in [1.807, 2.05) is 35.5 Å². The van der Waals surface area contributed by atoms with Gasteiger partial charge in [-0.25, -0.2) is 9.78 Å². The van der Waals surface area contributed by atoms with Crippen LogP contribution in [0.5, 0.6) is 0 Å². The Hall–Kier alpha value is -2.30. The van der Waals surface area contributed by atoms with E-state index in [0.717, 1.165) is 31.8 Å². The number of amides is 2. The number of carbonyl (C=O) groups is 1. The van der Waals surface area contributed by atoms with Crippen LogP contribution in [0.3, 0.4) is 0 Å². The van der Waals surface area contributed by atoms with Gasteiger partial charge in [-0.2, -0.15) is 0 Å². The molecule has 2 amide bonds. The molecule has 2 aromatic rings. The molecule has 134 valence electrons. The van der Waals surface area contributed by atoms with Gasteiger partial charge in [-0.1, -0.05) is 37.3 Å². The van der Waals surface area contributed by atoms with Gasteiger partial charge in [0.2, 0.25) is 0 Å². The summed E-state index contributed by atoms with van der Waals surface area (Å²) in [5, 5.41) is 3.07. The molecular formula is C20H28N4O. The van der Waals surface area contributed by atoms with Crippen LogP contribution in [-0.4, -0.2) is 39.6 Å². The third-order valence-electron chi connectivity index (χ3n) is 5.26. The molecule has 1 aromatic carbocycles. The highest BCUT2D eigenvalue weighted by atomic mass is 16.2. The van der Waals surface area contributed by atoms with E-state index in [1.165, 1.54) is 12.0 Å². The Morgan fingerprint density at radius 1 is 1.28 bits per heavy atom. The average molecular weight is 340 g/mol. The first-order valence-electron chi connectivity index (χ1n) is 9.23. The molecule has 5 heteroatoms. The summed E-state index contributed by atoms with van der Waals surface area (Å²) in [6.07, 6.45) is 6.87. The van der Waals surface area contributed by atoms with Gasteiger partial charge in [0.05, 0.1) is 0 Å². The quantitative estimate of drug-likeness (QED) is 0.908. The summed E-state index contributed by atoms with van der Waals surface area (Å²) in [5.74, 6) is 1.58. The zero-order valence-electron chi connectivity index (χ0n) is 15.2. The van der Waals surface area contributed by atoms with Crippen molar-refractivity contribution < 1.29 is 4.79 Å². The number of nitrogens with zero attached hydrogens (tertiary/aromatic N) is 3. The fraction of sp³-hybridized carbons (Fsp3) is 0.500. The predicted octanol–water partition coefficient (Wildman–Crippen LogP) is 3.30. The predicted molar refractivity (Wildman–Crippen MR) is 99.4 cm³/mol. The molecule has 1 aromatic heterocycles. The van der Waals surface area contributed by atoms with E-state index in [4.69, 9.17) is 0 Å². The van der Waals surface area contributed by atoms with Crippen molar-refractivity contribution in [2.24, 2.45) is 5.92 Å². The molecule has 0 saturated carbocycles. The third kappa shape index (κ3) is 4.41. The van der Waals surface area contributed by atoms with Crippen LogP contribution in [0.25, 0.3) is 0 Å². The Bertz CT molecular complexity index is 682. The Morgan fingerprint density at radius 3 is 2.88 bits per heavy atom. The SMILES string of the molecule is C[C@@H]1CCCN(C(=O)NCCc2nccn2Cc2ccccc2)[C@@H]1C. The van der Waals surface area contributed by atoms with Crippen molar-refractivity contribution in [1.29, 1.82) is 0 Å². The minimum absolute atomic E-state index is 0.0558. The normalized spacial score (nSPS) is 20.5. The molecule has 0 unspecified atom stereocenters. The smallest absolute Gasteiger partial charge is 0.317 e. The minimum atomic E-state index is 0.0558. The molecule has 1 N–H and O–H groups in total. The monoisotopic (exact) mass is 340 g/mol. The van der Waals surface area contributed by atoms with Crippen molar-refractivity contribution in [3.63, 3.8) is 0 Å². The number of benzene rings is 1. The lowest BCUT2D eigenvalue weighted by Gasteiger charge is -2.37. The first-order chi connectivity index (χ1) is 12.1. The number of likely N-dealkylation sites (tertiary alicyclic amines) is 1. The van der Waals surface area contributed by atoms with Crippen LogP contribution in [0.15, 0.2) is 42.7 Å². The second-order valence-corrected chi connectivity index (χ2v) is 6.99.